The molecule has 1 aromatic carbocycles. The van der Waals surface area contributed by atoms with Gasteiger partial charge in [-0.1, -0.05) is 18.2 Å². The topological polar surface area (TPSA) is 49.3 Å². The Morgan fingerprint density at radius 2 is 2.27 bits per heavy atom. The van der Waals surface area contributed by atoms with E-state index in [9.17, 15) is 4.79 Å². The summed E-state index contributed by atoms with van der Waals surface area (Å²) in [6.07, 6.45) is 1.73. The van der Waals surface area contributed by atoms with E-state index in [1.165, 1.54) is 0 Å². The van der Waals surface area contributed by atoms with Crippen molar-refractivity contribution in [3.8, 4) is 0 Å². The molecule has 0 saturated carbocycles. The number of hydrogen-bond acceptors (Lipinski definition) is 2. The summed E-state index contributed by atoms with van der Waals surface area (Å²) in [5, 5.41) is 12.1. The highest BCUT2D eigenvalue weighted by Gasteiger charge is 2.12. The lowest BCUT2D eigenvalue weighted by Crippen LogP contribution is -2.15. The summed E-state index contributed by atoms with van der Waals surface area (Å²) in [5.41, 5.74) is 1.88. The molecule has 80 valence electrons. The Morgan fingerprint density at radius 3 is 2.80 bits per heavy atom. The first-order valence-electron chi connectivity index (χ1n) is 4.78. The number of carbonyl (C=O) groups is 1. The van der Waals surface area contributed by atoms with Crippen LogP contribution in [0.4, 0.5) is 5.69 Å². The minimum atomic E-state index is -0.919. The zero-order chi connectivity index (χ0) is 11.4. The molecule has 15 heavy (non-hydrogen) atoms. The molecule has 0 aliphatic heterocycles. The van der Waals surface area contributed by atoms with Gasteiger partial charge in [0.1, 0.15) is 0 Å². The number of hydrogen-bond donors (Lipinski definition) is 2. The molecule has 1 rings (SSSR count). The number of carboxylic acids is 1. The van der Waals surface area contributed by atoms with Gasteiger partial charge < -0.3 is 10.4 Å². The molecule has 0 fully saturated rings. The number of aryl methyl sites for hydroxylation is 1. The Bertz CT molecular complexity index is 385. The minimum Gasteiger partial charge on any atom is -0.478 e. The largest absolute Gasteiger partial charge is 0.478 e. The molecular formula is C12H15NO2. The van der Waals surface area contributed by atoms with Crippen molar-refractivity contribution >= 4 is 11.7 Å². The highest BCUT2D eigenvalue weighted by atomic mass is 16.4. The number of nitrogens with one attached hydrogen (secondary N) is 1. The van der Waals surface area contributed by atoms with E-state index in [2.05, 4.69) is 11.9 Å². The Balaban J connectivity index is 3.13. The lowest BCUT2D eigenvalue weighted by atomic mass is 10.1. The van der Waals surface area contributed by atoms with E-state index in [1.54, 1.807) is 18.2 Å². The number of rotatable bonds is 4. The van der Waals surface area contributed by atoms with Crippen molar-refractivity contribution in [3.05, 3.63) is 42.0 Å². The summed E-state index contributed by atoms with van der Waals surface area (Å²) in [7, 11) is 0. The summed E-state index contributed by atoms with van der Waals surface area (Å²) in [6, 6.07) is 5.25. The molecule has 2 N–H and O–H groups in total. The molecule has 3 nitrogen and oxygen atoms in total. The minimum absolute atomic E-state index is 0.0456. The van der Waals surface area contributed by atoms with Crippen LogP contribution in [-0.2, 0) is 0 Å². The van der Waals surface area contributed by atoms with Crippen molar-refractivity contribution in [2.75, 3.05) is 5.32 Å². The van der Waals surface area contributed by atoms with Gasteiger partial charge in [0.2, 0.25) is 0 Å². The first-order valence-corrected chi connectivity index (χ1v) is 4.78. The number of para-hydroxylation sites is 1. The maximum absolute atomic E-state index is 11.0. The van der Waals surface area contributed by atoms with Gasteiger partial charge >= 0.3 is 5.97 Å². The van der Waals surface area contributed by atoms with E-state index in [4.69, 9.17) is 5.11 Å². The smallest absolute Gasteiger partial charge is 0.337 e. The molecule has 1 atom stereocenters. The van der Waals surface area contributed by atoms with Gasteiger partial charge in [-0.2, -0.15) is 0 Å². The molecule has 1 unspecified atom stereocenters. The molecule has 0 aliphatic carbocycles. The van der Waals surface area contributed by atoms with Crippen molar-refractivity contribution < 1.29 is 9.90 Å². The average Bonchev–Trinajstić information content (AvgIpc) is 2.20. The fraction of sp³-hybridized carbons (Fsp3) is 0.250. The Hall–Kier alpha value is -1.77. The van der Waals surface area contributed by atoms with E-state index < -0.39 is 5.97 Å². The fourth-order valence-corrected chi connectivity index (χ4v) is 1.32. The van der Waals surface area contributed by atoms with Crippen LogP contribution >= 0.6 is 0 Å². The Kier molecular flexibility index (Phi) is 3.50. The number of benzene rings is 1. The summed E-state index contributed by atoms with van der Waals surface area (Å²) < 4.78 is 0. The van der Waals surface area contributed by atoms with Gasteiger partial charge in [-0.05, 0) is 25.5 Å². The van der Waals surface area contributed by atoms with Gasteiger partial charge in [-0.15, -0.1) is 6.58 Å². The highest BCUT2D eigenvalue weighted by Crippen LogP contribution is 2.21. The second-order valence-electron chi connectivity index (χ2n) is 3.47. The maximum atomic E-state index is 11.0. The Labute approximate surface area is 89.4 Å². The number of carboxylic acid groups (broad SMARTS) is 1. The maximum Gasteiger partial charge on any atom is 0.337 e. The van der Waals surface area contributed by atoms with Gasteiger partial charge in [-0.3, -0.25) is 0 Å². The predicted octanol–water partition coefficient (Wildman–Crippen LogP) is 2.68. The van der Waals surface area contributed by atoms with Crippen molar-refractivity contribution in [3.63, 3.8) is 0 Å². The molecule has 0 spiro atoms. The third kappa shape index (κ3) is 2.59. The lowest BCUT2D eigenvalue weighted by Gasteiger charge is -2.15. The van der Waals surface area contributed by atoms with E-state index in [0.29, 0.717) is 11.3 Å². The highest BCUT2D eigenvalue weighted by molar-refractivity contribution is 5.95. The quantitative estimate of drug-likeness (QED) is 0.743. The van der Waals surface area contributed by atoms with E-state index in [-0.39, 0.29) is 6.04 Å². The predicted molar refractivity (Wildman–Crippen MR) is 61.4 cm³/mol. The Morgan fingerprint density at radius 1 is 1.60 bits per heavy atom. The zero-order valence-electron chi connectivity index (χ0n) is 8.95. The van der Waals surface area contributed by atoms with Crippen LogP contribution in [0.2, 0.25) is 0 Å². The second-order valence-corrected chi connectivity index (χ2v) is 3.47. The zero-order valence-corrected chi connectivity index (χ0v) is 8.95. The van der Waals surface area contributed by atoms with Crippen LogP contribution in [0.5, 0.6) is 0 Å². The summed E-state index contributed by atoms with van der Waals surface area (Å²) >= 11 is 0. The third-order valence-electron chi connectivity index (χ3n) is 2.23. The lowest BCUT2D eigenvalue weighted by molar-refractivity contribution is 0.0698. The summed E-state index contributed by atoms with van der Waals surface area (Å²) in [5.74, 6) is -0.919. The molecule has 0 heterocycles. The molecule has 0 aromatic heterocycles. The van der Waals surface area contributed by atoms with Gasteiger partial charge in [0.25, 0.3) is 0 Å². The van der Waals surface area contributed by atoms with Crippen LogP contribution in [0.3, 0.4) is 0 Å². The normalized spacial score (nSPS) is 11.9. The molecule has 3 heteroatoms. The van der Waals surface area contributed by atoms with Gasteiger partial charge in [0.05, 0.1) is 11.3 Å². The molecule has 0 radical (unpaired) electrons. The van der Waals surface area contributed by atoms with Crippen LogP contribution in [0.1, 0.15) is 22.8 Å². The van der Waals surface area contributed by atoms with Crippen LogP contribution in [-0.4, -0.2) is 17.1 Å². The summed E-state index contributed by atoms with van der Waals surface area (Å²) in [4.78, 5) is 11.0. The van der Waals surface area contributed by atoms with Gasteiger partial charge in [-0.25, -0.2) is 4.79 Å². The van der Waals surface area contributed by atoms with Crippen molar-refractivity contribution in [1.29, 1.82) is 0 Å². The second kappa shape index (κ2) is 4.64. The summed E-state index contributed by atoms with van der Waals surface area (Å²) in [6.45, 7) is 7.45. The third-order valence-corrected chi connectivity index (χ3v) is 2.23. The molecule has 1 aromatic rings. The van der Waals surface area contributed by atoms with Crippen LogP contribution < -0.4 is 5.32 Å². The van der Waals surface area contributed by atoms with E-state index >= 15 is 0 Å². The fourth-order valence-electron chi connectivity index (χ4n) is 1.32. The monoisotopic (exact) mass is 205 g/mol. The van der Waals surface area contributed by atoms with Crippen molar-refractivity contribution in [2.24, 2.45) is 0 Å². The molecule has 0 bridgehead atoms. The van der Waals surface area contributed by atoms with E-state index in [1.807, 2.05) is 19.9 Å². The number of anilines is 1. The van der Waals surface area contributed by atoms with Gasteiger partial charge in [0, 0.05) is 6.04 Å². The van der Waals surface area contributed by atoms with Crippen LogP contribution in [0.15, 0.2) is 30.9 Å². The standard InChI is InChI=1S/C12H15NO2/c1-4-9(3)13-11-8(2)6-5-7-10(11)12(14)15/h4-7,9,13H,1H2,2-3H3,(H,14,15). The average molecular weight is 205 g/mol. The van der Waals surface area contributed by atoms with Crippen molar-refractivity contribution in [1.82, 2.24) is 0 Å². The first-order chi connectivity index (χ1) is 7.06. The van der Waals surface area contributed by atoms with Crippen molar-refractivity contribution in [2.45, 2.75) is 19.9 Å². The molecule has 0 amide bonds. The first kappa shape index (κ1) is 11.3. The van der Waals surface area contributed by atoms with Crippen LogP contribution in [0.25, 0.3) is 0 Å². The van der Waals surface area contributed by atoms with E-state index in [0.717, 1.165) is 5.56 Å². The SMILES string of the molecule is C=CC(C)Nc1c(C)cccc1C(=O)O. The molecular weight excluding hydrogens is 190 g/mol. The molecule has 0 saturated heterocycles. The molecule has 0 aliphatic rings. The van der Waals surface area contributed by atoms with Crippen LogP contribution in [0, 0.1) is 6.92 Å². The van der Waals surface area contributed by atoms with Gasteiger partial charge in [0.15, 0.2) is 0 Å². The number of aromatic carboxylic acids is 1.